The zero-order chi connectivity index (χ0) is 30.6. The number of aromatic nitrogens is 1. The first-order chi connectivity index (χ1) is 20.0. The van der Waals surface area contributed by atoms with E-state index < -0.39 is 52.4 Å². The van der Waals surface area contributed by atoms with Crippen molar-refractivity contribution in [3.8, 4) is 5.75 Å². The number of likely N-dealkylation sites (N-methyl/N-ethyl adjacent to an activating group) is 1. The first kappa shape index (κ1) is 30.6. The number of hydrogen-bond donors (Lipinski definition) is 1. The molecule has 14 heteroatoms. The fourth-order valence-corrected chi connectivity index (χ4v) is 4.71. The number of pyridine rings is 1. The molecule has 4 rings (SSSR count). The summed E-state index contributed by atoms with van der Waals surface area (Å²) in [7, 11) is 3.55. The van der Waals surface area contributed by atoms with Crippen LogP contribution in [-0.4, -0.2) is 84.5 Å². The summed E-state index contributed by atoms with van der Waals surface area (Å²) in [5, 5.41) is 6.56. The van der Waals surface area contributed by atoms with E-state index in [0.717, 1.165) is 6.07 Å². The number of oxime groups is 1. The Labute approximate surface area is 240 Å². The van der Waals surface area contributed by atoms with Crippen molar-refractivity contribution in [1.29, 1.82) is 0 Å². The van der Waals surface area contributed by atoms with Crippen LogP contribution in [0, 0.1) is 11.6 Å². The molecule has 2 amide bonds. The summed E-state index contributed by atoms with van der Waals surface area (Å²) >= 11 is 0. The van der Waals surface area contributed by atoms with Gasteiger partial charge in [0, 0.05) is 56.3 Å². The molecule has 0 spiro atoms. The molecular weight excluding hydrogens is 556 g/mol. The summed E-state index contributed by atoms with van der Waals surface area (Å²) < 4.78 is 39.3. The van der Waals surface area contributed by atoms with Crippen molar-refractivity contribution in [2.24, 2.45) is 5.16 Å². The Kier molecular flexibility index (Phi) is 9.55. The minimum absolute atomic E-state index is 0.0114. The minimum Gasteiger partial charge on any atom is -0.433 e. The van der Waals surface area contributed by atoms with E-state index in [1.54, 1.807) is 30.8 Å². The predicted molar refractivity (Wildman–Crippen MR) is 147 cm³/mol. The zero-order valence-electron chi connectivity index (χ0n) is 23.8. The Balaban J connectivity index is 1.77. The van der Waals surface area contributed by atoms with E-state index in [9.17, 15) is 28.0 Å². The molecule has 0 saturated heterocycles. The number of nitrogens with zero attached hydrogens (tertiary/aromatic N) is 4. The minimum atomic E-state index is -1.22. The van der Waals surface area contributed by atoms with Crippen LogP contribution in [0.5, 0.6) is 5.75 Å². The van der Waals surface area contributed by atoms with E-state index in [0.29, 0.717) is 31.2 Å². The topological polar surface area (TPSA) is 132 Å². The summed E-state index contributed by atoms with van der Waals surface area (Å²) in [5.41, 5.74) is -1.08. The highest BCUT2D eigenvalue weighted by molar-refractivity contribution is 6.00. The molecule has 1 aromatic carbocycles. The third-order valence-corrected chi connectivity index (χ3v) is 7.01. The van der Waals surface area contributed by atoms with E-state index >= 15 is 0 Å². The molecule has 2 aromatic rings. The first-order valence-corrected chi connectivity index (χ1v) is 13.4. The number of nitrogens with one attached hydrogen (secondary N) is 1. The molecule has 0 aliphatic carbocycles. The highest BCUT2D eigenvalue weighted by atomic mass is 19.1. The maximum atomic E-state index is 14.2. The number of carbonyl (C=O) groups is 3. The molecule has 12 nitrogen and oxygen atoms in total. The molecule has 0 saturated carbocycles. The summed E-state index contributed by atoms with van der Waals surface area (Å²) in [6.45, 7) is 4.06. The van der Waals surface area contributed by atoms with Gasteiger partial charge in [-0.15, -0.1) is 0 Å². The van der Waals surface area contributed by atoms with Crippen molar-refractivity contribution in [2.45, 2.75) is 45.3 Å². The second kappa shape index (κ2) is 13.1. The molecule has 2 bridgehead atoms. The number of hydrogen-bond acceptors (Lipinski definition) is 9. The third-order valence-electron chi connectivity index (χ3n) is 7.01. The zero-order valence-corrected chi connectivity index (χ0v) is 23.8. The second-order valence-corrected chi connectivity index (χ2v) is 10.5. The van der Waals surface area contributed by atoms with Crippen LogP contribution < -0.4 is 15.5 Å². The molecule has 3 heterocycles. The molecule has 1 N–H and O–H groups in total. The lowest BCUT2D eigenvalue weighted by atomic mass is 10.0. The van der Waals surface area contributed by atoms with Crippen molar-refractivity contribution < 1.29 is 37.5 Å². The fraction of sp³-hybridized carbons (Fsp3) is 0.464. The van der Waals surface area contributed by atoms with Crippen molar-refractivity contribution in [3.05, 3.63) is 63.1 Å². The summed E-state index contributed by atoms with van der Waals surface area (Å²) in [6, 6.07) is 2.08. The van der Waals surface area contributed by atoms with Gasteiger partial charge in [0.15, 0.2) is 5.69 Å². The number of halogens is 2. The van der Waals surface area contributed by atoms with Gasteiger partial charge in [0.2, 0.25) is 11.2 Å². The lowest BCUT2D eigenvalue weighted by Crippen LogP contribution is -2.50. The third kappa shape index (κ3) is 6.93. The predicted octanol–water partition coefficient (Wildman–Crippen LogP) is 2.71. The number of ether oxygens (including phenoxy) is 2. The second-order valence-electron chi connectivity index (χ2n) is 10.5. The summed E-state index contributed by atoms with van der Waals surface area (Å²) in [5.74, 6) is -3.79. The van der Waals surface area contributed by atoms with Crippen molar-refractivity contribution in [2.75, 3.05) is 40.4 Å². The largest absolute Gasteiger partial charge is 0.514 e. The van der Waals surface area contributed by atoms with E-state index in [4.69, 9.17) is 14.3 Å². The Bertz CT molecular complexity index is 1460. The molecule has 2 atom stereocenters. The maximum Gasteiger partial charge on any atom is 0.514 e. The first-order valence-electron chi connectivity index (χ1n) is 13.4. The molecule has 2 aliphatic heterocycles. The van der Waals surface area contributed by atoms with Gasteiger partial charge < -0.3 is 34.0 Å². The molecular formula is C28H33F2N5O7. The lowest BCUT2D eigenvalue weighted by molar-refractivity contribution is 0.0491. The van der Waals surface area contributed by atoms with Crippen molar-refractivity contribution >= 4 is 23.7 Å². The van der Waals surface area contributed by atoms with Crippen LogP contribution in [0.25, 0.3) is 0 Å². The molecule has 2 aliphatic rings. The molecule has 42 heavy (non-hydrogen) atoms. The Morgan fingerprint density at radius 3 is 2.71 bits per heavy atom. The Morgan fingerprint density at radius 2 is 2.00 bits per heavy atom. The van der Waals surface area contributed by atoms with Gasteiger partial charge in [0.1, 0.15) is 30.4 Å². The fourth-order valence-electron chi connectivity index (χ4n) is 4.71. The molecule has 0 fully saturated rings. The van der Waals surface area contributed by atoms with Gasteiger partial charge in [0.25, 0.3) is 11.8 Å². The monoisotopic (exact) mass is 589 g/mol. The van der Waals surface area contributed by atoms with Crippen LogP contribution >= 0.6 is 0 Å². The average Bonchev–Trinajstić information content (AvgIpc) is 2.92. The van der Waals surface area contributed by atoms with Gasteiger partial charge in [-0.25, -0.2) is 13.6 Å². The van der Waals surface area contributed by atoms with Crippen LogP contribution in [0.1, 0.15) is 59.1 Å². The SMILES string of the molecule is C/C1=N/OCC[C@H](C)N2C[C@H](C1)n1cc(C(=O)NCc3ccc(F)cc3F)c(=O)c(OC(=O)OCCN(C)C)c1C2=O. The summed E-state index contributed by atoms with van der Waals surface area (Å²) in [4.78, 5) is 62.0. The number of rotatable bonds is 7. The van der Waals surface area contributed by atoms with E-state index in [2.05, 4.69) is 10.5 Å². The van der Waals surface area contributed by atoms with Gasteiger partial charge in [-0.05, 0) is 34.0 Å². The quantitative estimate of drug-likeness (QED) is 0.488. The smallest absolute Gasteiger partial charge is 0.433 e. The van der Waals surface area contributed by atoms with E-state index in [1.807, 2.05) is 6.92 Å². The van der Waals surface area contributed by atoms with Gasteiger partial charge in [-0.2, -0.15) is 0 Å². The molecule has 1 aromatic heterocycles. The highest BCUT2D eigenvalue weighted by Crippen LogP contribution is 2.31. The van der Waals surface area contributed by atoms with Gasteiger partial charge in [-0.1, -0.05) is 11.2 Å². The van der Waals surface area contributed by atoms with Crippen LogP contribution in [0.4, 0.5) is 13.6 Å². The standard InChI is InChI=1S/C28H33F2N5O7/c1-16-11-20-14-34(17(2)7-9-41-32-16)27(38)23-25(42-28(39)40-10-8-33(3)4)24(36)21(15-35(20)23)26(37)31-13-18-5-6-19(29)12-22(18)30/h5-6,12,15,17,20H,7-11,13-14H2,1-4H3,(H,31,37)/b32-16-/t17-,20-/m0/s1. The van der Waals surface area contributed by atoms with E-state index in [-0.39, 0.29) is 43.6 Å². The Hall–Kier alpha value is -4.33. The van der Waals surface area contributed by atoms with Crippen LogP contribution in [0.15, 0.2) is 34.3 Å². The Morgan fingerprint density at radius 1 is 1.24 bits per heavy atom. The van der Waals surface area contributed by atoms with Gasteiger partial charge in [-0.3, -0.25) is 14.4 Å². The van der Waals surface area contributed by atoms with Crippen LogP contribution in [0.3, 0.4) is 0 Å². The number of fused-ring (bicyclic) bond motifs is 4. The highest BCUT2D eigenvalue weighted by Gasteiger charge is 2.39. The normalized spacial score (nSPS) is 19.7. The molecule has 0 unspecified atom stereocenters. The number of carbonyl (C=O) groups excluding carboxylic acids is 3. The van der Waals surface area contributed by atoms with Crippen molar-refractivity contribution in [1.82, 2.24) is 19.7 Å². The maximum absolute atomic E-state index is 14.2. The number of benzene rings is 1. The molecule has 0 radical (unpaired) electrons. The summed E-state index contributed by atoms with van der Waals surface area (Å²) in [6.07, 6.45) is 0.760. The van der Waals surface area contributed by atoms with Gasteiger partial charge in [0.05, 0.1) is 11.8 Å². The number of amides is 2. The van der Waals surface area contributed by atoms with Gasteiger partial charge >= 0.3 is 6.16 Å². The lowest BCUT2D eigenvalue weighted by Gasteiger charge is -2.40. The van der Waals surface area contributed by atoms with Crippen LogP contribution in [-0.2, 0) is 16.1 Å². The van der Waals surface area contributed by atoms with Crippen LogP contribution in [0.2, 0.25) is 0 Å². The average molecular weight is 590 g/mol. The van der Waals surface area contributed by atoms with Crippen molar-refractivity contribution in [3.63, 3.8) is 0 Å². The molecule has 226 valence electrons. The van der Waals surface area contributed by atoms with E-state index in [1.165, 1.54) is 16.8 Å².